The van der Waals surface area contributed by atoms with Crippen molar-refractivity contribution in [3.8, 4) is 5.88 Å². The molecule has 6 heteroatoms. The van der Waals surface area contributed by atoms with Crippen LogP contribution in [0, 0.1) is 0 Å². The molecule has 1 aromatic rings. The van der Waals surface area contributed by atoms with Gasteiger partial charge >= 0.3 is 6.09 Å². The average molecular weight is 335 g/mol. The molecule has 1 aliphatic rings. The van der Waals surface area contributed by atoms with Crippen LogP contribution >= 0.6 is 0 Å². The van der Waals surface area contributed by atoms with Gasteiger partial charge in [0.15, 0.2) is 0 Å². The molecule has 1 amide bonds. The van der Waals surface area contributed by atoms with Gasteiger partial charge < -0.3 is 19.3 Å². The number of hydrogen-bond acceptors (Lipinski definition) is 5. The number of amides is 1. The molecule has 0 N–H and O–H groups in total. The van der Waals surface area contributed by atoms with Crippen molar-refractivity contribution in [1.29, 1.82) is 0 Å². The van der Waals surface area contributed by atoms with E-state index in [2.05, 4.69) is 9.88 Å². The standard InChI is InChI=1S/C18H29N3O3/c1-13(2)23-16-11-15(7-8-19-16)20-9-10-21(14(3)12-20)17(22)24-18(4,5)6/h7-8,11,13-14H,9-10,12H2,1-6H3/t14-/m1/s1. The Kier molecular flexibility index (Phi) is 5.57. The Morgan fingerprint density at radius 2 is 2.04 bits per heavy atom. The number of piperazine rings is 1. The van der Waals surface area contributed by atoms with Crippen molar-refractivity contribution in [3.63, 3.8) is 0 Å². The summed E-state index contributed by atoms with van der Waals surface area (Å²) in [5.41, 5.74) is 0.596. The van der Waals surface area contributed by atoms with Gasteiger partial charge in [-0.15, -0.1) is 0 Å². The fourth-order valence-electron chi connectivity index (χ4n) is 2.69. The van der Waals surface area contributed by atoms with E-state index in [1.807, 2.05) is 53.7 Å². The predicted octanol–water partition coefficient (Wildman–Crippen LogP) is 3.31. The zero-order valence-electron chi connectivity index (χ0n) is 15.6. The van der Waals surface area contributed by atoms with Crippen LogP contribution in [0.2, 0.25) is 0 Å². The van der Waals surface area contributed by atoms with E-state index in [0.717, 1.165) is 18.8 Å². The minimum Gasteiger partial charge on any atom is -0.475 e. The summed E-state index contributed by atoms with van der Waals surface area (Å²) in [6, 6.07) is 4.01. The third kappa shape index (κ3) is 5.01. The maximum Gasteiger partial charge on any atom is 0.410 e. The molecule has 0 aromatic carbocycles. The highest BCUT2D eigenvalue weighted by atomic mass is 16.6. The van der Waals surface area contributed by atoms with Crippen molar-refractivity contribution >= 4 is 11.8 Å². The number of nitrogens with zero attached hydrogens (tertiary/aromatic N) is 3. The van der Waals surface area contributed by atoms with Crippen LogP contribution in [0.1, 0.15) is 41.5 Å². The number of carbonyl (C=O) groups excluding carboxylic acids is 1. The van der Waals surface area contributed by atoms with Crippen LogP contribution in [0.25, 0.3) is 0 Å². The molecule has 1 aliphatic heterocycles. The Hall–Kier alpha value is -1.98. The maximum atomic E-state index is 12.3. The van der Waals surface area contributed by atoms with Crippen molar-refractivity contribution in [2.75, 3.05) is 24.5 Å². The van der Waals surface area contributed by atoms with Crippen LogP contribution in [-0.2, 0) is 4.74 Å². The molecule has 1 atom stereocenters. The summed E-state index contributed by atoms with van der Waals surface area (Å²) in [6.45, 7) is 13.8. The van der Waals surface area contributed by atoms with Crippen molar-refractivity contribution in [2.45, 2.75) is 59.3 Å². The van der Waals surface area contributed by atoms with Crippen molar-refractivity contribution in [2.24, 2.45) is 0 Å². The Bertz CT molecular complexity index is 569. The van der Waals surface area contributed by atoms with E-state index >= 15 is 0 Å². The summed E-state index contributed by atoms with van der Waals surface area (Å²) in [5, 5.41) is 0. The first-order valence-electron chi connectivity index (χ1n) is 8.53. The van der Waals surface area contributed by atoms with E-state index in [1.54, 1.807) is 11.1 Å². The van der Waals surface area contributed by atoms with Crippen LogP contribution < -0.4 is 9.64 Å². The van der Waals surface area contributed by atoms with Gasteiger partial charge in [0.2, 0.25) is 5.88 Å². The van der Waals surface area contributed by atoms with Gasteiger partial charge in [0, 0.05) is 43.6 Å². The van der Waals surface area contributed by atoms with Gasteiger partial charge in [0.05, 0.1) is 6.10 Å². The third-order valence-corrected chi connectivity index (χ3v) is 3.70. The molecule has 0 saturated carbocycles. The molecule has 2 heterocycles. The fourth-order valence-corrected chi connectivity index (χ4v) is 2.69. The van der Waals surface area contributed by atoms with E-state index in [9.17, 15) is 4.79 Å². The quantitative estimate of drug-likeness (QED) is 0.848. The van der Waals surface area contributed by atoms with E-state index in [1.165, 1.54) is 0 Å². The second kappa shape index (κ2) is 7.28. The van der Waals surface area contributed by atoms with E-state index in [0.29, 0.717) is 12.4 Å². The summed E-state index contributed by atoms with van der Waals surface area (Å²) in [4.78, 5) is 20.6. The van der Waals surface area contributed by atoms with Gasteiger partial charge in [-0.3, -0.25) is 0 Å². The molecule has 24 heavy (non-hydrogen) atoms. The number of aromatic nitrogens is 1. The van der Waals surface area contributed by atoms with E-state index in [-0.39, 0.29) is 18.2 Å². The smallest absolute Gasteiger partial charge is 0.410 e. The van der Waals surface area contributed by atoms with Crippen molar-refractivity contribution in [3.05, 3.63) is 18.3 Å². The third-order valence-electron chi connectivity index (χ3n) is 3.70. The molecule has 6 nitrogen and oxygen atoms in total. The lowest BCUT2D eigenvalue weighted by molar-refractivity contribution is 0.0159. The number of carbonyl (C=O) groups is 1. The molecule has 0 spiro atoms. The van der Waals surface area contributed by atoms with Gasteiger partial charge in [-0.25, -0.2) is 9.78 Å². The molecule has 2 rings (SSSR count). The van der Waals surface area contributed by atoms with E-state index in [4.69, 9.17) is 9.47 Å². The van der Waals surface area contributed by atoms with Crippen LogP contribution in [0.3, 0.4) is 0 Å². The first kappa shape index (κ1) is 18.4. The molecule has 1 saturated heterocycles. The summed E-state index contributed by atoms with van der Waals surface area (Å²) in [7, 11) is 0. The Morgan fingerprint density at radius 3 is 2.62 bits per heavy atom. The van der Waals surface area contributed by atoms with Crippen LogP contribution in [0.5, 0.6) is 5.88 Å². The molecular formula is C18H29N3O3. The van der Waals surface area contributed by atoms with Gasteiger partial charge in [0.1, 0.15) is 5.60 Å². The molecular weight excluding hydrogens is 306 g/mol. The molecule has 0 bridgehead atoms. The SMILES string of the molecule is CC(C)Oc1cc(N2CCN(C(=O)OC(C)(C)C)[C@H](C)C2)ccn1. The molecule has 0 radical (unpaired) electrons. The number of ether oxygens (including phenoxy) is 2. The van der Waals surface area contributed by atoms with E-state index < -0.39 is 5.60 Å². The Balaban J connectivity index is 2.01. The highest BCUT2D eigenvalue weighted by molar-refractivity contribution is 5.69. The summed E-state index contributed by atoms with van der Waals surface area (Å²) in [6.07, 6.45) is 1.61. The summed E-state index contributed by atoms with van der Waals surface area (Å²) < 4.78 is 11.2. The lowest BCUT2D eigenvalue weighted by atomic mass is 10.1. The second-order valence-electron chi connectivity index (χ2n) is 7.49. The first-order chi connectivity index (χ1) is 11.2. The largest absolute Gasteiger partial charge is 0.475 e. The zero-order valence-corrected chi connectivity index (χ0v) is 15.6. The Morgan fingerprint density at radius 1 is 1.33 bits per heavy atom. The molecule has 1 fully saturated rings. The highest BCUT2D eigenvalue weighted by Crippen LogP contribution is 2.23. The van der Waals surface area contributed by atoms with Crippen molar-refractivity contribution < 1.29 is 14.3 Å². The maximum absolute atomic E-state index is 12.3. The van der Waals surface area contributed by atoms with Gasteiger partial charge in [-0.05, 0) is 47.6 Å². The van der Waals surface area contributed by atoms with Crippen LogP contribution in [-0.4, -0.2) is 53.4 Å². The summed E-state index contributed by atoms with van der Waals surface area (Å²) in [5.74, 6) is 0.629. The lowest BCUT2D eigenvalue weighted by Crippen LogP contribution is -2.55. The molecule has 134 valence electrons. The van der Waals surface area contributed by atoms with Crippen molar-refractivity contribution in [1.82, 2.24) is 9.88 Å². The Labute approximate surface area is 144 Å². The first-order valence-corrected chi connectivity index (χ1v) is 8.53. The second-order valence-corrected chi connectivity index (χ2v) is 7.49. The highest BCUT2D eigenvalue weighted by Gasteiger charge is 2.31. The summed E-state index contributed by atoms with van der Waals surface area (Å²) >= 11 is 0. The number of anilines is 1. The number of hydrogen-bond donors (Lipinski definition) is 0. The zero-order chi connectivity index (χ0) is 17.9. The molecule has 1 aromatic heterocycles. The van der Waals surface area contributed by atoms with Gasteiger partial charge in [-0.2, -0.15) is 0 Å². The monoisotopic (exact) mass is 335 g/mol. The van der Waals surface area contributed by atoms with Crippen LogP contribution in [0.15, 0.2) is 18.3 Å². The fraction of sp³-hybridized carbons (Fsp3) is 0.667. The van der Waals surface area contributed by atoms with Gasteiger partial charge in [-0.1, -0.05) is 0 Å². The topological polar surface area (TPSA) is 54.9 Å². The lowest BCUT2D eigenvalue weighted by Gasteiger charge is -2.41. The molecule has 0 unspecified atom stereocenters. The number of pyridine rings is 1. The normalized spacial score (nSPS) is 18.7. The van der Waals surface area contributed by atoms with Crippen LogP contribution in [0.4, 0.5) is 10.5 Å². The number of rotatable bonds is 3. The predicted molar refractivity (Wildman–Crippen MR) is 94.6 cm³/mol. The minimum atomic E-state index is -0.470. The van der Waals surface area contributed by atoms with Gasteiger partial charge in [0.25, 0.3) is 0 Å². The average Bonchev–Trinajstić information content (AvgIpc) is 2.44. The minimum absolute atomic E-state index is 0.0798. The molecule has 0 aliphatic carbocycles.